The van der Waals surface area contributed by atoms with E-state index < -0.39 is 82.0 Å². The van der Waals surface area contributed by atoms with Gasteiger partial charge in [0.15, 0.2) is 11.6 Å². The van der Waals surface area contributed by atoms with Crippen LogP contribution < -0.4 is 30.7 Å². The van der Waals surface area contributed by atoms with Crippen LogP contribution in [-0.4, -0.2) is 303 Å². The third kappa shape index (κ3) is 30.3. The van der Waals surface area contributed by atoms with Gasteiger partial charge in [0, 0.05) is 167 Å². The van der Waals surface area contributed by atoms with Crippen molar-refractivity contribution in [2.75, 3.05) is 118 Å². The molecule has 2 aromatic heterocycles. The highest BCUT2D eigenvalue weighted by molar-refractivity contribution is 5.94. The van der Waals surface area contributed by atoms with Crippen molar-refractivity contribution in [3.63, 3.8) is 0 Å². The maximum absolute atomic E-state index is 14.9. The number of piperidine rings is 2. The minimum atomic E-state index is -1.32. The molecule has 3 fully saturated rings. The van der Waals surface area contributed by atoms with E-state index in [-0.39, 0.29) is 217 Å². The maximum Gasteiger partial charge on any atom is 0.323 e. The Bertz CT molecular complexity index is 4810. The van der Waals surface area contributed by atoms with Crippen LogP contribution in [0.25, 0.3) is 34.2 Å². The monoisotopic (exact) mass is 1790 g/mol. The number of amides is 6. The molecule has 36 heteroatoms. The van der Waals surface area contributed by atoms with Crippen molar-refractivity contribution in [1.82, 2.24) is 80.2 Å². The van der Waals surface area contributed by atoms with Gasteiger partial charge in [0.25, 0.3) is 11.8 Å². The van der Waals surface area contributed by atoms with Gasteiger partial charge in [-0.1, -0.05) is 27.7 Å². The van der Waals surface area contributed by atoms with Crippen LogP contribution in [0.15, 0.2) is 72.8 Å². The topological polar surface area (TPSA) is 436 Å². The molecule has 0 saturated carbocycles. The molecule has 3 aliphatic rings. The molecular weight excluding hydrogens is 1660 g/mol. The highest BCUT2D eigenvalue weighted by Crippen LogP contribution is 2.41. The molecular formula is C93H134N16O20. The fraction of sp³-hybridized carbons (Fsp3) is 0.591. The first-order valence-electron chi connectivity index (χ1n) is 44.8. The summed E-state index contributed by atoms with van der Waals surface area (Å²) in [6.45, 7) is 35.3. The number of nitrogens with zero attached hydrogens (tertiary/aromatic N) is 12. The lowest BCUT2D eigenvalue weighted by Crippen LogP contribution is -2.53. The van der Waals surface area contributed by atoms with E-state index in [4.69, 9.17) is 28.4 Å². The molecule has 4 aromatic carbocycles. The van der Waals surface area contributed by atoms with E-state index in [0.717, 1.165) is 0 Å². The maximum atomic E-state index is 14.9. The van der Waals surface area contributed by atoms with E-state index in [1.807, 2.05) is 47.3 Å². The highest BCUT2D eigenvalue weighted by Gasteiger charge is 2.37. The van der Waals surface area contributed by atoms with Gasteiger partial charge in [-0.05, 0) is 193 Å². The van der Waals surface area contributed by atoms with Crippen LogP contribution in [0.2, 0.25) is 0 Å². The van der Waals surface area contributed by atoms with Gasteiger partial charge in [-0.3, -0.25) is 76.7 Å². The second-order valence-corrected chi connectivity index (χ2v) is 37.5. The number of benzene rings is 4. The van der Waals surface area contributed by atoms with Crippen LogP contribution in [0.1, 0.15) is 227 Å². The number of rotatable bonds is 33. The fourth-order valence-electron chi connectivity index (χ4n) is 15.5. The van der Waals surface area contributed by atoms with Gasteiger partial charge in [0.1, 0.15) is 81.2 Å². The number of phenolic OH excluding ortho intramolecular Hbond substituents is 4. The Hall–Kier alpha value is -11.5. The molecule has 6 amide bonds. The number of phenols is 4. The Labute approximate surface area is 755 Å². The van der Waals surface area contributed by atoms with Crippen molar-refractivity contribution in [3.05, 3.63) is 95.6 Å². The first kappa shape index (κ1) is 101. The Morgan fingerprint density at radius 1 is 0.434 bits per heavy atom. The van der Waals surface area contributed by atoms with Crippen molar-refractivity contribution < 1.29 is 96.8 Å². The summed E-state index contributed by atoms with van der Waals surface area (Å²) in [4.78, 5) is 151. The van der Waals surface area contributed by atoms with E-state index in [1.165, 1.54) is 21.3 Å². The lowest BCUT2D eigenvalue weighted by molar-refractivity contribution is -0.163. The molecule has 0 radical (unpaired) electrons. The number of likely N-dealkylation sites (tertiary alicyclic amines) is 2. The van der Waals surface area contributed by atoms with E-state index >= 15 is 0 Å². The highest BCUT2D eigenvalue weighted by atomic mass is 16.6. The molecule has 8 N–H and O–H groups in total. The minimum absolute atomic E-state index is 0.0312. The van der Waals surface area contributed by atoms with E-state index in [1.54, 1.807) is 167 Å². The SMILES string of the molecule is CCNC(=O)c1nnc(-c2cc(C(C)C)c(O)cc2O)n1-c1ccc(OC2CCN(C(=O)CCNC(=O)[C@@H](CCC(=O)N3CCC(Oc4ccc(-n5c(C(=O)NCC)nnc5-c5cc(C(C)C)c(O)cc5O)cc4)CC3)NC(=O)CC[C@H](C(=O)OC(C)(C)C)N3CCN(CC(=O)OC(C)(C)C)CCN(CC(=O)OC(C)(C)C)CCN(CC(=O)OC(C)(C)C)CC3)CC2)cc1. The number of esters is 4. The number of carbonyl (C=O) groups excluding carboxylic acids is 10. The van der Waals surface area contributed by atoms with E-state index in [2.05, 4.69) is 41.7 Å². The van der Waals surface area contributed by atoms with Crippen molar-refractivity contribution in [2.45, 2.75) is 241 Å². The largest absolute Gasteiger partial charge is 0.508 e. The molecule has 2 atom stereocenters. The molecule has 706 valence electrons. The smallest absolute Gasteiger partial charge is 0.323 e. The zero-order chi connectivity index (χ0) is 94.6. The number of nitrogens with one attached hydrogen (secondary N) is 4. The summed E-state index contributed by atoms with van der Waals surface area (Å²) in [6, 6.07) is 17.1. The summed E-state index contributed by atoms with van der Waals surface area (Å²) >= 11 is 0. The molecule has 5 heterocycles. The van der Waals surface area contributed by atoms with Crippen LogP contribution in [-0.2, 0) is 57.3 Å². The van der Waals surface area contributed by atoms with Crippen LogP contribution in [0, 0.1) is 0 Å². The first-order chi connectivity index (χ1) is 60.7. The summed E-state index contributed by atoms with van der Waals surface area (Å²) < 4.78 is 39.4. The number of aromatic nitrogens is 6. The quantitative estimate of drug-likeness (QED) is 0.0141. The number of hydrogen-bond donors (Lipinski definition) is 8. The molecule has 0 unspecified atom stereocenters. The predicted octanol–water partition coefficient (Wildman–Crippen LogP) is 8.70. The molecule has 129 heavy (non-hydrogen) atoms. The molecule has 0 bridgehead atoms. The first-order valence-corrected chi connectivity index (χ1v) is 44.8. The van der Waals surface area contributed by atoms with E-state index in [9.17, 15) is 68.4 Å². The Morgan fingerprint density at radius 2 is 0.798 bits per heavy atom. The summed E-state index contributed by atoms with van der Waals surface area (Å²) in [5, 5.41) is 71.8. The van der Waals surface area contributed by atoms with Gasteiger partial charge in [-0.2, -0.15) is 0 Å². The Balaban J connectivity index is 0.900. The minimum Gasteiger partial charge on any atom is -0.508 e. The molecule has 6 aromatic rings. The Morgan fingerprint density at radius 3 is 1.16 bits per heavy atom. The van der Waals surface area contributed by atoms with Gasteiger partial charge in [-0.25, -0.2) is 0 Å². The summed E-state index contributed by atoms with van der Waals surface area (Å²) in [6.07, 6.45) is 0.223. The molecule has 36 nitrogen and oxygen atoms in total. The van der Waals surface area contributed by atoms with Crippen LogP contribution in [0.4, 0.5) is 0 Å². The van der Waals surface area contributed by atoms with Gasteiger partial charge in [0.05, 0.1) is 30.8 Å². The lowest BCUT2D eigenvalue weighted by atomic mass is 9.98. The van der Waals surface area contributed by atoms with Crippen LogP contribution in [0.3, 0.4) is 0 Å². The number of carbonyl (C=O) groups is 10. The number of hydrogen-bond acceptors (Lipinski definition) is 28. The molecule has 9 rings (SSSR count). The van der Waals surface area contributed by atoms with Crippen molar-refractivity contribution >= 4 is 59.3 Å². The molecule has 0 spiro atoms. The molecule has 3 aliphatic heterocycles. The van der Waals surface area contributed by atoms with Gasteiger partial charge >= 0.3 is 23.9 Å². The summed E-state index contributed by atoms with van der Waals surface area (Å²) in [7, 11) is 0. The average Bonchev–Trinajstić information content (AvgIpc) is 1.62. The Kier molecular flexibility index (Phi) is 35.4. The summed E-state index contributed by atoms with van der Waals surface area (Å²) in [5.74, 6) is -4.63. The summed E-state index contributed by atoms with van der Waals surface area (Å²) in [5.41, 5.74) is -0.827. The third-order valence-corrected chi connectivity index (χ3v) is 21.7. The predicted molar refractivity (Wildman–Crippen MR) is 481 cm³/mol. The standard InChI is InChI=1S/C93H134N16O20/c1-19-94-87(121)84-100-98-82(68-51-66(58(3)4)72(110)53-74(68)112)108(84)60-21-25-62(26-22-60)124-64-34-39-106(40-35-64)77(115)32-29-70(86(120)96-38-33-78(116)107-41-36-65(37-42-107)125-63-27-23-61(24-28-63)109-83(99-101-85(109)88(122)95-20-2)69-52-67(59(5)6)73(111)54-75(69)113)97-76(114)31-30-71(89(123)129-93(16,17)18)105-49-47-103(56-80(118)127-91(10,11)12)45-43-102(55-79(117)126-90(7,8)9)44-46-104(48-50-105)57-81(119)128-92(13,14)15/h21-28,51-54,58-59,64-65,70-71,110-113H,19-20,29-50,55-57H2,1-18H3,(H,94,121)(H,95,122)(H,96,120)(H,97,114)/t70-,71-/m1/s1. The fourth-order valence-corrected chi connectivity index (χ4v) is 15.5. The second-order valence-electron chi connectivity index (χ2n) is 37.5. The number of aromatic hydroxyl groups is 4. The van der Waals surface area contributed by atoms with Crippen molar-refractivity contribution in [2.24, 2.45) is 0 Å². The lowest BCUT2D eigenvalue weighted by Gasteiger charge is -2.37. The zero-order valence-electron chi connectivity index (χ0n) is 78.2. The van der Waals surface area contributed by atoms with Crippen LogP contribution >= 0.6 is 0 Å². The normalized spacial score (nSPS) is 16.0. The van der Waals surface area contributed by atoms with Gasteiger partial charge < -0.3 is 79.9 Å². The average molecular weight is 1800 g/mol. The zero-order valence-corrected chi connectivity index (χ0v) is 78.2. The second kappa shape index (κ2) is 45.2. The van der Waals surface area contributed by atoms with E-state index in [0.29, 0.717) is 85.9 Å². The van der Waals surface area contributed by atoms with Gasteiger partial charge in [-0.15, -0.1) is 20.4 Å². The van der Waals surface area contributed by atoms with Gasteiger partial charge in [0.2, 0.25) is 35.3 Å². The van der Waals surface area contributed by atoms with Crippen molar-refractivity contribution in [1.29, 1.82) is 0 Å². The third-order valence-electron chi connectivity index (χ3n) is 21.7. The molecule has 3 saturated heterocycles. The molecule has 0 aliphatic carbocycles. The van der Waals surface area contributed by atoms with Crippen LogP contribution in [0.5, 0.6) is 34.5 Å². The number of ether oxygens (including phenoxy) is 6. The van der Waals surface area contributed by atoms with Crippen molar-refractivity contribution in [3.8, 4) is 68.6 Å².